The van der Waals surface area contributed by atoms with Gasteiger partial charge in [0.05, 0.1) is 19.2 Å². The van der Waals surface area contributed by atoms with Gasteiger partial charge in [-0.25, -0.2) is 4.98 Å². The molecule has 0 aliphatic carbocycles. The predicted octanol–water partition coefficient (Wildman–Crippen LogP) is 1.44. The van der Waals surface area contributed by atoms with Gasteiger partial charge in [-0.05, 0) is 26.0 Å². The number of rotatable bonds is 5. The lowest BCUT2D eigenvalue weighted by Crippen LogP contribution is -2.41. The number of ether oxygens (including phenoxy) is 2. The number of methoxy groups -OCH3 is 1. The summed E-state index contributed by atoms with van der Waals surface area (Å²) in [5.74, 6) is 1.80. The van der Waals surface area contributed by atoms with Crippen LogP contribution in [0.2, 0.25) is 0 Å². The molecule has 0 bridgehead atoms. The van der Waals surface area contributed by atoms with E-state index in [0.29, 0.717) is 37.7 Å². The molecule has 1 aliphatic rings. The highest BCUT2D eigenvalue weighted by atomic mass is 16.5. The molecule has 0 aromatic carbocycles. The summed E-state index contributed by atoms with van der Waals surface area (Å²) < 4.78 is 12.7. The molecule has 0 unspecified atom stereocenters. The summed E-state index contributed by atoms with van der Waals surface area (Å²) in [6, 6.07) is 3.55. The van der Waals surface area contributed by atoms with Gasteiger partial charge in [0.2, 0.25) is 5.88 Å². The molecule has 3 heterocycles. The zero-order valence-electron chi connectivity index (χ0n) is 14.1. The molecule has 2 aromatic rings. The Balaban J connectivity index is 1.85. The Morgan fingerprint density at radius 1 is 1.42 bits per heavy atom. The molecule has 1 amide bonds. The molecular weight excluding hydrogens is 310 g/mol. The van der Waals surface area contributed by atoms with Crippen molar-refractivity contribution in [3.05, 3.63) is 35.5 Å². The van der Waals surface area contributed by atoms with E-state index >= 15 is 0 Å². The van der Waals surface area contributed by atoms with Crippen molar-refractivity contribution in [2.45, 2.75) is 33.0 Å². The number of aromatic nitrogens is 4. The van der Waals surface area contributed by atoms with Crippen molar-refractivity contribution in [3.8, 4) is 5.88 Å². The first-order valence-corrected chi connectivity index (χ1v) is 7.94. The number of carbonyl (C=O) groups is 1. The topological polar surface area (TPSA) is 82.4 Å². The van der Waals surface area contributed by atoms with Gasteiger partial charge in [0.15, 0.2) is 11.6 Å². The summed E-state index contributed by atoms with van der Waals surface area (Å²) in [7, 11) is 1.63. The van der Waals surface area contributed by atoms with Crippen LogP contribution in [0.4, 0.5) is 0 Å². The molecule has 128 valence electrons. The van der Waals surface area contributed by atoms with Crippen LogP contribution in [0.1, 0.15) is 41.9 Å². The van der Waals surface area contributed by atoms with E-state index in [1.807, 2.05) is 18.4 Å². The van der Waals surface area contributed by atoms with E-state index in [0.717, 1.165) is 11.6 Å². The Kier molecular flexibility index (Phi) is 4.75. The minimum atomic E-state index is -0.110. The second kappa shape index (κ2) is 6.96. The molecule has 0 saturated heterocycles. The standard InChI is InChI=1S/C16H21N5O3/c1-4-24-15-12(6-5-7-17-15)16(22)20-8-11(2)21-13(9-20)18-19-14(21)10-23-3/h5-7,11H,4,8-10H2,1-3H3/t11-/m0/s1. The number of hydrogen-bond donors (Lipinski definition) is 0. The van der Waals surface area contributed by atoms with Gasteiger partial charge in [-0.2, -0.15) is 0 Å². The van der Waals surface area contributed by atoms with Crippen LogP contribution in [0.25, 0.3) is 0 Å². The normalized spacial score (nSPS) is 16.8. The van der Waals surface area contributed by atoms with Gasteiger partial charge in [0.1, 0.15) is 12.2 Å². The maximum Gasteiger partial charge on any atom is 0.259 e. The first-order valence-electron chi connectivity index (χ1n) is 7.94. The van der Waals surface area contributed by atoms with Gasteiger partial charge in [-0.3, -0.25) is 4.79 Å². The molecule has 0 fully saturated rings. The molecule has 0 saturated carbocycles. The van der Waals surface area contributed by atoms with Crippen molar-refractivity contribution < 1.29 is 14.3 Å². The third kappa shape index (κ3) is 2.96. The van der Waals surface area contributed by atoms with Gasteiger partial charge >= 0.3 is 0 Å². The summed E-state index contributed by atoms with van der Waals surface area (Å²) >= 11 is 0. The van der Waals surface area contributed by atoms with Crippen molar-refractivity contribution in [1.29, 1.82) is 0 Å². The molecule has 1 atom stereocenters. The number of hydrogen-bond acceptors (Lipinski definition) is 6. The lowest BCUT2D eigenvalue weighted by molar-refractivity contribution is 0.0670. The average molecular weight is 331 g/mol. The monoisotopic (exact) mass is 331 g/mol. The smallest absolute Gasteiger partial charge is 0.259 e. The van der Waals surface area contributed by atoms with Crippen molar-refractivity contribution >= 4 is 5.91 Å². The Morgan fingerprint density at radius 3 is 3.00 bits per heavy atom. The highest BCUT2D eigenvalue weighted by molar-refractivity contribution is 5.96. The highest BCUT2D eigenvalue weighted by Gasteiger charge is 2.30. The molecule has 1 aliphatic heterocycles. The Morgan fingerprint density at radius 2 is 2.25 bits per heavy atom. The van der Waals surface area contributed by atoms with Crippen LogP contribution in [0.5, 0.6) is 5.88 Å². The number of nitrogens with zero attached hydrogens (tertiary/aromatic N) is 5. The van der Waals surface area contributed by atoms with Crippen LogP contribution in [0.3, 0.4) is 0 Å². The molecule has 0 radical (unpaired) electrons. The molecular formula is C16H21N5O3. The van der Waals surface area contributed by atoms with E-state index in [1.54, 1.807) is 30.3 Å². The van der Waals surface area contributed by atoms with E-state index in [1.165, 1.54) is 0 Å². The Labute approximate surface area is 140 Å². The fourth-order valence-electron chi connectivity index (χ4n) is 2.97. The maximum absolute atomic E-state index is 12.9. The van der Waals surface area contributed by atoms with Crippen molar-refractivity contribution in [1.82, 2.24) is 24.6 Å². The van der Waals surface area contributed by atoms with E-state index in [2.05, 4.69) is 15.2 Å². The van der Waals surface area contributed by atoms with E-state index in [-0.39, 0.29) is 11.9 Å². The molecule has 8 heteroatoms. The van der Waals surface area contributed by atoms with Crippen LogP contribution >= 0.6 is 0 Å². The second-order valence-electron chi connectivity index (χ2n) is 5.66. The van der Waals surface area contributed by atoms with Gasteiger partial charge in [0, 0.05) is 19.9 Å². The maximum atomic E-state index is 12.9. The van der Waals surface area contributed by atoms with E-state index < -0.39 is 0 Å². The van der Waals surface area contributed by atoms with Gasteiger partial charge in [0.25, 0.3) is 5.91 Å². The van der Waals surface area contributed by atoms with Gasteiger partial charge < -0.3 is 18.9 Å². The van der Waals surface area contributed by atoms with Crippen molar-refractivity contribution in [3.63, 3.8) is 0 Å². The predicted molar refractivity (Wildman–Crippen MR) is 85.6 cm³/mol. The summed E-state index contributed by atoms with van der Waals surface area (Å²) in [4.78, 5) is 18.8. The zero-order valence-corrected chi connectivity index (χ0v) is 14.1. The first-order chi connectivity index (χ1) is 11.7. The van der Waals surface area contributed by atoms with Crippen molar-refractivity contribution in [2.75, 3.05) is 20.3 Å². The molecule has 2 aromatic heterocycles. The minimum absolute atomic E-state index is 0.0741. The zero-order chi connectivity index (χ0) is 17.1. The average Bonchev–Trinajstić information content (AvgIpc) is 2.99. The van der Waals surface area contributed by atoms with Crippen LogP contribution < -0.4 is 4.74 Å². The number of carbonyl (C=O) groups excluding carboxylic acids is 1. The Bertz CT molecular complexity index is 730. The molecule has 8 nitrogen and oxygen atoms in total. The van der Waals surface area contributed by atoms with Crippen LogP contribution in [-0.2, 0) is 17.9 Å². The molecule has 0 spiro atoms. The fourth-order valence-corrected chi connectivity index (χ4v) is 2.97. The van der Waals surface area contributed by atoms with Crippen LogP contribution in [0.15, 0.2) is 18.3 Å². The highest BCUT2D eigenvalue weighted by Crippen LogP contribution is 2.25. The largest absolute Gasteiger partial charge is 0.477 e. The number of amides is 1. The molecule has 24 heavy (non-hydrogen) atoms. The summed E-state index contributed by atoms with van der Waals surface area (Å²) in [5.41, 5.74) is 0.469. The first kappa shape index (κ1) is 16.4. The SMILES string of the molecule is CCOc1ncccc1C(=O)N1Cc2nnc(COC)n2[C@@H](C)C1. The molecule has 3 rings (SSSR count). The summed E-state index contributed by atoms with van der Waals surface area (Å²) in [6.07, 6.45) is 1.62. The lowest BCUT2D eigenvalue weighted by atomic mass is 10.1. The van der Waals surface area contributed by atoms with Crippen LogP contribution in [-0.4, -0.2) is 50.8 Å². The Hall–Kier alpha value is -2.48. The lowest BCUT2D eigenvalue weighted by Gasteiger charge is -2.32. The summed E-state index contributed by atoms with van der Waals surface area (Å²) in [6.45, 7) is 5.75. The van der Waals surface area contributed by atoms with Gasteiger partial charge in [-0.1, -0.05) is 0 Å². The quantitative estimate of drug-likeness (QED) is 0.824. The van der Waals surface area contributed by atoms with Crippen LogP contribution in [0, 0.1) is 0 Å². The van der Waals surface area contributed by atoms with Gasteiger partial charge in [-0.15, -0.1) is 10.2 Å². The second-order valence-corrected chi connectivity index (χ2v) is 5.66. The third-order valence-corrected chi connectivity index (χ3v) is 3.94. The third-order valence-electron chi connectivity index (χ3n) is 3.94. The van der Waals surface area contributed by atoms with Crippen molar-refractivity contribution in [2.24, 2.45) is 0 Å². The molecule has 0 N–H and O–H groups in total. The van der Waals surface area contributed by atoms with E-state index in [9.17, 15) is 4.79 Å². The van der Waals surface area contributed by atoms with E-state index in [4.69, 9.17) is 9.47 Å². The summed E-state index contributed by atoms with van der Waals surface area (Å²) in [5, 5.41) is 8.37. The number of pyridine rings is 1. The fraction of sp³-hybridized carbons (Fsp3) is 0.500. The number of fused-ring (bicyclic) bond motifs is 1. The minimum Gasteiger partial charge on any atom is -0.477 e.